The topological polar surface area (TPSA) is 0 Å². The lowest BCUT2D eigenvalue weighted by molar-refractivity contribution is 1.36. The minimum atomic E-state index is 0. The van der Waals surface area contributed by atoms with Crippen molar-refractivity contribution in [1.29, 1.82) is 0 Å². The van der Waals surface area contributed by atoms with Gasteiger partial charge in [0.2, 0.25) is 15.2 Å². The van der Waals surface area contributed by atoms with Crippen LogP contribution < -0.4 is 0 Å². The van der Waals surface area contributed by atoms with Crippen molar-refractivity contribution in [2.45, 2.75) is 24.4 Å². The van der Waals surface area contributed by atoms with E-state index in [-0.39, 0.29) is 25.9 Å². The van der Waals surface area contributed by atoms with Crippen LogP contribution in [-0.4, -0.2) is 15.2 Å². The van der Waals surface area contributed by atoms with E-state index in [0.29, 0.717) is 15.2 Å². The first-order chi connectivity index (χ1) is 2.41. The van der Waals surface area contributed by atoms with Gasteiger partial charge in [-0.2, -0.15) is 13.5 Å². The minimum Gasteiger partial charge on any atom is -0.197 e. The molecule has 0 aromatic carbocycles. The van der Waals surface area contributed by atoms with Gasteiger partial charge in [-0.3, -0.25) is 0 Å². The summed E-state index contributed by atoms with van der Waals surface area (Å²) in [6.07, 6.45) is 0. The van der Waals surface area contributed by atoms with E-state index in [1.54, 1.807) is 0 Å². The second kappa shape index (κ2) is 15.7. The van der Waals surface area contributed by atoms with Gasteiger partial charge in [-0.25, -0.2) is 0 Å². The Morgan fingerprint density at radius 1 is 1.14 bits per heavy atom. The highest BCUT2D eigenvalue weighted by Gasteiger charge is 1.76. The molecule has 0 aliphatic rings. The molecule has 0 nitrogen and oxygen atoms in total. The first-order valence-electron chi connectivity index (χ1n) is 2.41. The maximum Gasteiger partial charge on any atom is 0.236 e. The van der Waals surface area contributed by atoms with Gasteiger partial charge >= 0.3 is 0 Å². The second-order valence-electron chi connectivity index (χ2n) is 1.35. The lowest BCUT2D eigenvalue weighted by Crippen LogP contribution is -1.76. The van der Waals surface area contributed by atoms with E-state index in [4.69, 9.17) is 0 Å². The first-order valence-corrected chi connectivity index (χ1v) is 4.41. The zero-order valence-corrected chi connectivity index (χ0v) is 8.26. The summed E-state index contributed by atoms with van der Waals surface area (Å²) in [7, 11) is 0. The van der Waals surface area contributed by atoms with Crippen LogP contribution in [0.4, 0.5) is 0 Å². The molecule has 3 heteroatoms. The van der Waals surface area contributed by atoms with E-state index in [0.717, 1.165) is 0 Å². The van der Waals surface area contributed by atoms with Crippen molar-refractivity contribution in [3.8, 4) is 0 Å². The molecule has 0 N–H and O–H groups in total. The van der Waals surface area contributed by atoms with Gasteiger partial charge in [0.15, 0.2) is 0 Å². The van der Waals surface area contributed by atoms with Crippen LogP contribution in [0.15, 0.2) is 0 Å². The summed E-state index contributed by atoms with van der Waals surface area (Å²) in [5, 5.41) is 2.97. The summed E-state index contributed by atoms with van der Waals surface area (Å²) in [4.78, 5) is 0. The fourth-order valence-corrected chi connectivity index (χ4v) is 1.06. The third-order valence-corrected chi connectivity index (χ3v) is 2.12. The number of halogens is 1. The molecule has 0 aromatic heterocycles. The zero-order valence-electron chi connectivity index (χ0n) is 5.03. The van der Waals surface area contributed by atoms with Gasteiger partial charge in [-0.15, -0.1) is 23.0 Å². The van der Waals surface area contributed by atoms with Crippen molar-refractivity contribution in [1.82, 2.24) is 0 Å². The van der Waals surface area contributed by atoms with Crippen LogP contribution >= 0.6 is 25.9 Å². The van der Waals surface area contributed by atoms with Gasteiger partial charge in [0.05, 0.1) is 0 Å². The Kier molecular flexibility index (Phi) is 35.2. The minimum absolute atomic E-state index is 0. The molecule has 0 aliphatic heterocycles. The van der Waals surface area contributed by atoms with Gasteiger partial charge in [0.1, 0.15) is 0 Å². The molecule has 0 amide bonds. The molecule has 46 valence electrons. The summed E-state index contributed by atoms with van der Waals surface area (Å²) >= 11 is 0.432. The number of hydrogen-bond donors (Lipinski definition) is 0. The molecule has 0 fully saturated rings. The Bertz CT molecular complexity index is 19.2. The predicted octanol–water partition coefficient (Wildman–Crippen LogP) is 1.83. The SMILES string of the molecule is C[CH2][AlH][CH2]C.Cl.S. The monoisotopic (exact) mass is 156 g/mol. The fraction of sp³-hybridized carbons (Fsp3) is 1.00. The Morgan fingerprint density at radius 3 is 1.43 bits per heavy atom. The molecule has 0 heterocycles. The number of rotatable bonds is 2. The quantitative estimate of drug-likeness (QED) is 0.536. The van der Waals surface area contributed by atoms with Crippen LogP contribution in [0.5, 0.6) is 0 Å². The van der Waals surface area contributed by atoms with Gasteiger partial charge in [-0.1, -0.05) is 13.8 Å². The van der Waals surface area contributed by atoms with Crippen molar-refractivity contribution in [2.75, 3.05) is 0 Å². The Labute approximate surface area is 65.6 Å². The second-order valence-corrected chi connectivity index (χ2v) is 4.06. The lowest BCUT2D eigenvalue weighted by Gasteiger charge is -1.73. The summed E-state index contributed by atoms with van der Waals surface area (Å²) in [5.41, 5.74) is 0. The summed E-state index contributed by atoms with van der Waals surface area (Å²) < 4.78 is 0. The van der Waals surface area contributed by atoms with Gasteiger partial charge in [-0.05, 0) is 0 Å². The largest absolute Gasteiger partial charge is 0.236 e. The molecule has 0 saturated carbocycles. The molecule has 0 aromatic rings. The highest BCUT2D eigenvalue weighted by atomic mass is 35.5. The van der Waals surface area contributed by atoms with Crippen LogP contribution in [0.1, 0.15) is 13.8 Å². The van der Waals surface area contributed by atoms with Crippen molar-refractivity contribution < 1.29 is 0 Å². The molecule has 0 bridgehead atoms. The standard InChI is InChI=1S/2C2H5.Al.ClH.H2S.H/c2*1-2;;;;/h2*1H2,2H3;;1H;1H2;. The molecular formula is C4H14AlClS. The van der Waals surface area contributed by atoms with E-state index >= 15 is 0 Å². The molecule has 0 atom stereocenters. The van der Waals surface area contributed by atoms with Gasteiger partial charge < -0.3 is 0 Å². The first kappa shape index (κ1) is 15.7. The van der Waals surface area contributed by atoms with Crippen LogP contribution in [0.3, 0.4) is 0 Å². The molecule has 0 radical (unpaired) electrons. The highest BCUT2D eigenvalue weighted by Crippen LogP contribution is 1.77. The van der Waals surface area contributed by atoms with E-state index in [1.165, 1.54) is 10.6 Å². The molecule has 0 aliphatic carbocycles. The van der Waals surface area contributed by atoms with Gasteiger partial charge in [0, 0.05) is 0 Å². The maximum absolute atomic E-state index is 2.27. The average Bonchev–Trinajstić information content (AvgIpc) is 1.41. The third-order valence-electron chi connectivity index (χ3n) is 0.707. The van der Waals surface area contributed by atoms with Crippen molar-refractivity contribution in [3.05, 3.63) is 0 Å². The molecule has 0 rings (SSSR count). The lowest BCUT2D eigenvalue weighted by atomic mass is 10.9. The highest BCUT2D eigenvalue weighted by molar-refractivity contribution is 7.59. The molecule has 0 unspecified atom stereocenters. The number of hydrogen-bond acceptors (Lipinski definition) is 0. The fourth-order valence-electron chi connectivity index (χ4n) is 0.354. The van der Waals surface area contributed by atoms with Crippen LogP contribution in [0.2, 0.25) is 10.6 Å². The Morgan fingerprint density at radius 2 is 1.43 bits per heavy atom. The van der Waals surface area contributed by atoms with Crippen molar-refractivity contribution >= 4 is 41.1 Å². The summed E-state index contributed by atoms with van der Waals surface area (Å²) in [6.45, 7) is 4.55. The van der Waals surface area contributed by atoms with Crippen LogP contribution in [-0.2, 0) is 0 Å². The smallest absolute Gasteiger partial charge is 0.197 e. The third kappa shape index (κ3) is 19.1. The maximum atomic E-state index is 2.27. The average molecular weight is 157 g/mol. The van der Waals surface area contributed by atoms with Crippen molar-refractivity contribution in [3.63, 3.8) is 0 Å². The van der Waals surface area contributed by atoms with E-state index in [2.05, 4.69) is 13.8 Å². The molecule has 0 saturated heterocycles. The van der Waals surface area contributed by atoms with Crippen LogP contribution in [0, 0.1) is 0 Å². The zero-order chi connectivity index (χ0) is 4.12. The Hall–Kier alpha value is 1.17. The van der Waals surface area contributed by atoms with Crippen molar-refractivity contribution in [2.24, 2.45) is 0 Å². The van der Waals surface area contributed by atoms with E-state index in [1.807, 2.05) is 0 Å². The molecule has 7 heavy (non-hydrogen) atoms. The van der Waals surface area contributed by atoms with Crippen LogP contribution in [0.25, 0.3) is 0 Å². The Balaban J connectivity index is -0.0000000800. The molecule has 0 spiro atoms. The normalized spacial score (nSPS) is 5.43. The summed E-state index contributed by atoms with van der Waals surface area (Å²) in [6, 6.07) is 0. The summed E-state index contributed by atoms with van der Waals surface area (Å²) in [5.74, 6) is 0. The van der Waals surface area contributed by atoms with Gasteiger partial charge in [0.25, 0.3) is 0 Å². The van der Waals surface area contributed by atoms with E-state index in [9.17, 15) is 0 Å². The molecular weight excluding hydrogens is 143 g/mol. The van der Waals surface area contributed by atoms with E-state index < -0.39 is 0 Å². The predicted molar refractivity (Wildman–Crippen MR) is 45.7 cm³/mol.